The van der Waals surface area contributed by atoms with Gasteiger partial charge in [-0.15, -0.1) is 0 Å². The minimum absolute atomic E-state index is 0.110. The van der Waals surface area contributed by atoms with Crippen LogP contribution in [0.25, 0.3) is 11.3 Å². The Hall–Kier alpha value is -7.33. The summed E-state index contributed by atoms with van der Waals surface area (Å²) in [6.45, 7) is 3.79. The number of primary amides is 1. The molecule has 0 spiro atoms. The molecule has 4 heterocycles. The molecule has 6 aromatic rings. The van der Waals surface area contributed by atoms with Crippen molar-refractivity contribution in [2.24, 2.45) is 11.5 Å². The Morgan fingerprint density at radius 3 is 2.03 bits per heavy atom. The summed E-state index contributed by atoms with van der Waals surface area (Å²) in [5.41, 5.74) is 16.4. The van der Waals surface area contributed by atoms with E-state index in [1.165, 1.54) is 24.3 Å². The van der Waals surface area contributed by atoms with Gasteiger partial charge >= 0.3 is 5.97 Å². The Labute approximate surface area is 358 Å². The maximum atomic E-state index is 13.5. The van der Waals surface area contributed by atoms with E-state index in [0.717, 1.165) is 28.8 Å². The number of nitrogens with one attached hydrogen (secondary N) is 4. The summed E-state index contributed by atoms with van der Waals surface area (Å²) in [6, 6.07) is 27.3. The average molecular weight is 845 g/mol. The number of hydrogen-bond acceptors (Lipinski definition) is 11. The molecule has 4 aromatic heterocycles. The molecule has 2 aromatic carbocycles. The van der Waals surface area contributed by atoms with E-state index < -0.39 is 5.97 Å². The molecule has 0 bridgehead atoms. The molecular weight excluding hydrogens is 795 g/mol. The third-order valence-electron chi connectivity index (χ3n) is 9.37. The number of aromatic carboxylic acids is 1. The van der Waals surface area contributed by atoms with E-state index in [9.17, 15) is 28.3 Å². The fourth-order valence-electron chi connectivity index (χ4n) is 6.30. The first-order valence-electron chi connectivity index (χ1n) is 20.1. The lowest BCUT2D eigenvalue weighted by molar-refractivity contribution is -0.118. The molecule has 0 saturated carbocycles. The number of aromatic nitrogens is 4. The highest BCUT2D eigenvalue weighted by atomic mass is 19.1. The number of carboxylic acids is 1. The van der Waals surface area contributed by atoms with Crippen LogP contribution in [0, 0.1) is 18.6 Å². The minimum atomic E-state index is -1.06. The Balaban J connectivity index is 0.000000239. The molecule has 2 amide bonds. The number of carbonyl (C=O) groups is 3. The van der Waals surface area contributed by atoms with Gasteiger partial charge in [0.25, 0.3) is 5.91 Å². The van der Waals surface area contributed by atoms with Gasteiger partial charge in [0.1, 0.15) is 34.7 Å². The molecule has 0 aliphatic rings. The van der Waals surface area contributed by atoms with Crippen molar-refractivity contribution in [1.29, 1.82) is 0 Å². The number of amides is 2. The highest BCUT2D eigenvalue weighted by Crippen LogP contribution is 2.23. The minimum Gasteiger partial charge on any atom is -0.478 e. The van der Waals surface area contributed by atoms with Gasteiger partial charge in [-0.3, -0.25) is 19.6 Å². The molecular formula is C46H50F2N10O4. The lowest BCUT2D eigenvalue weighted by Crippen LogP contribution is -2.25. The summed E-state index contributed by atoms with van der Waals surface area (Å²) in [5, 5.41) is 21.8. The van der Waals surface area contributed by atoms with Crippen LogP contribution in [-0.4, -0.2) is 62.5 Å². The van der Waals surface area contributed by atoms with Crippen LogP contribution in [-0.2, 0) is 30.7 Å². The number of rotatable bonds is 20. The summed E-state index contributed by atoms with van der Waals surface area (Å²) >= 11 is 0. The predicted octanol–water partition coefficient (Wildman–Crippen LogP) is 6.67. The lowest BCUT2D eigenvalue weighted by Gasteiger charge is -2.14. The fourth-order valence-corrected chi connectivity index (χ4v) is 6.30. The van der Waals surface area contributed by atoms with Crippen molar-refractivity contribution in [3.8, 4) is 11.3 Å². The fraction of sp³-hybridized carbons (Fsp3) is 0.239. The second-order valence-electron chi connectivity index (χ2n) is 14.2. The summed E-state index contributed by atoms with van der Waals surface area (Å²) in [4.78, 5) is 53.1. The van der Waals surface area contributed by atoms with E-state index in [2.05, 4.69) is 41.2 Å². The molecule has 322 valence electrons. The first-order valence-corrected chi connectivity index (χ1v) is 20.1. The van der Waals surface area contributed by atoms with Crippen LogP contribution in [0.1, 0.15) is 68.1 Å². The van der Waals surface area contributed by atoms with Crippen LogP contribution in [0.3, 0.4) is 0 Å². The number of aryl methyl sites for hydroxylation is 1. The predicted molar refractivity (Wildman–Crippen MR) is 235 cm³/mol. The first-order chi connectivity index (χ1) is 30.0. The Kier molecular flexibility index (Phi) is 17.3. The van der Waals surface area contributed by atoms with E-state index >= 15 is 0 Å². The van der Waals surface area contributed by atoms with Crippen LogP contribution in [0.4, 0.5) is 26.2 Å². The molecule has 0 radical (unpaired) electrons. The van der Waals surface area contributed by atoms with Gasteiger partial charge in [-0.1, -0.05) is 36.4 Å². The summed E-state index contributed by atoms with van der Waals surface area (Å²) in [5.74, 6) is -1.01. The van der Waals surface area contributed by atoms with E-state index in [1.807, 2.05) is 48.5 Å². The number of halogens is 2. The number of nitrogens with two attached hydrogens (primary N) is 2. The van der Waals surface area contributed by atoms with E-state index in [-0.39, 0.29) is 41.4 Å². The molecule has 0 aliphatic heterocycles. The molecule has 0 unspecified atom stereocenters. The molecule has 62 heavy (non-hydrogen) atoms. The Bertz CT molecular complexity index is 2440. The van der Waals surface area contributed by atoms with Gasteiger partial charge in [0.2, 0.25) is 5.91 Å². The van der Waals surface area contributed by atoms with Crippen LogP contribution >= 0.6 is 0 Å². The van der Waals surface area contributed by atoms with Crippen molar-refractivity contribution < 1.29 is 28.3 Å². The maximum Gasteiger partial charge on any atom is 0.339 e. The second-order valence-corrected chi connectivity index (χ2v) is 14.2. The van der Waals surface area contributed by atoms with E-state index in [0.29, 0.717) is 86.0 Å². The Morgan fingerprint density at radius 2 is 1.40 bits per heavy atom. The molecule has 9 N–H and O–H groups in total. The van der Waals surface area contributed by atoms with Crippen molar-refractivity contribution in [3.63, 3.8) is 0 Å². The highest BCUT2D eigenvalue weighted by molar-refractivity contribution is 5.99. The largest absolute Gasteiger partial charge is 0.478 e. The number of carboxylic acid groups (broad SMARTS) is 1. The number of benzene rings is 2. The van der Waals surface area contributed by atoms with Crippen LogP contribution in [0.15, 0.2) is 109 Å². The third kappa shape index (κ3) is 14.4. The molecule has 0 fully saturated rings. The van der Waals surface area contributed by atoms with Crippen molar-refractivity contribution in [1.82, 2.24) is 25.3 Å². The van der Waals surface area contributed by atoms with Gasteiger partial charge in [-0.05, 0) is 110 Å². The van der Waals surface area contributed by atoms with Gasteiger partial charge < -0.3 is 37.8 Å². The molecule has 16 heteroatoms. The number of unbranched alkanes of at least 4 members (excludes halogenated alkanes) is 1. The van der Waals surface area contributed by atoms with Gasteiger partial charge in [0.05, 0.1) is 29.2 Å². The van der Waals surface area contributed by atoms with Crippen molar-refractivity contribution >= 4 is 35.2 Å². The maximum absolute atomic E-state index is 13.5. The number of anilines is 3. The van der Waals surface area contributed by atoms with Gasteiger partial charge in [0.15, 0.2) is 0 Å². The first kappa shape index (κ1) is 45.7. The highest BCUT2D eigenvalue weighted by Gasteiger charge is 2.18. The molecule has 6 rings (SSSR count). The van der Waals surface area contributed by atoms with Crippen LogP contribution in [0.5, 0.6) is 0 Å². The molecule has 0 aliphatic carbocycles. The van der Waals surface area contributed by atoms with Crippen molar-refractivity contribution in [3.05, 3.63) is 160 Å². The molecule has 0 atom stereocenters. The monoisotopic (exact) mass is 844 g/mol. The Morgan fingerprint density at radius 1 is 0.726 bits per heavy atom. The summed E-state index contributed by atoms with van der Waals surface area (Å²) < 4.78 is 26.7. The van der Waals surface area contributed by atoms with Crippen molar-refractivity contribution in [2.75, 3.05) is 35.6 Å². The van der Waals surface area contributed by atoms with Gasteiger partial charge in [-0.2, -0.15) is 0 Å². The third-order valence-corrected chi connectivity index (χ3v) is 9.37. The standard InChI is InChI=1S/C26H25FN6O.C20H25FN4O3/c27-20-6-3-5-18(13-20)10-12-30-25-23(14-19(16-31-25)24-9-1-2-11-29-24)26(34)32-17-22-8-4-7-21(15-28)33-22;1-13-11-17(23-9-3-2-7-16(22)26)25-19(18(13)20(27)28)24-10-8-14-5-4-6-15(21)12-14/h1-9,11,13-14,16H,10,12,15,17,28H2,(H,30,31)(H,32,34);4-6,11-12H,2-3,7-10H2,1H3,(H2,22,26)(H,27,28)(H2,23,24,25). The van der Waals surface area contributed by atoms with Crippen molar-refractivity contribution in [2.45, 2.75) is 52.1 Å². The number of carbonyl (C=O) groups excluding carboxylic acids is 2. The van der Waals surface area contributed by atoms with Crippen LogP contribution in [0.2, 0.25) is 0 Å². The van der Waals surface area contributed by atoms with Crippen LogP contribution < -0.4 is 32.7 Å². The smallest absolute Gasteiger partial charge is 0.339 e. The van der Waals surface area contributed by atoms with Gasteiger partial charge in [0, 0.05) is 50.6 Å². The molecule has 14 nitrogen and oxygen atoms in total. The summed E-state index contributed by atoms with van der Waals surface area (Å²) in [7, 11) is 0. The zero-order valence-corrected chi connectivity index (χ0v) is 34.3. The SMILES string of the molecule is Cc1cc(NCCCCC(N)=O)nc(NCCc2cccc(F)c2)c1C(=O)O.NCc1cccc(CNC(=O)c2cc(-c3ccccn3)cnc2NCCc2cccc(F)c2)n1. The number of pyridine rings is 4. The topological polar surface area (TPSA) is 223 Å². The number of hydrogen-bond donors (Lipinski definition) is 7. The molecule has 0 saturated heterocycles. The normalized spacial score (nSPS) is 10.6. The zero-order valence-electron chi connectivity index (χ0n) is 34.3. The second kappa shape index (κ2) is 23.5. The summed E-state index contributed by atoms with van der Waals surface area (Å²) in [6.07, 6.45) is 6.23. The van der Waals surface area contributed by atoms with E-state index in [4.69, 9.17) is 11.5 Å². The average Bonchev–Trinajstić information content (AvgIpc) is 3.26. The number of nitrogens with zero attached hydrogens (tertiary/aromatic N) is 4. The quantitative estimate of drug-likeness (QED) is 0.0401. The van der Waals surface area contributed by atoms with E-state index in [1.54, 1.807) is 43.6 Å². The zero-order chi connectivity index (χ0) is 44.3. The lowest BCUT2D eigenvalue weighted by atomic mass is 10.1. The van der Waals surface area contributed by atoms with Gasteiger partial charge in [-0.25, -0.2) is 23.5 Å².